The van der Waals surface area contributed by atoms with Gasteiger partial charge < -0.3 is 10.6 Å². The van der Waals surface area contributed by atoms with E-state index in [0.29, 0.717) is 23.6 Å². The van der Waals surface area contributed by atoms with Gasteiger partial charge in [0.25, 0.3) is 0 Å². The molecular weight excluding hydrogens is 450 g/mol. The van der Waals surface area contributed by atoms with E-state index in [4.69, 9.17) is 5.73 Å². The number of nitrogens with two attached hydrogens (primary N) is 1. The number of carbonyl (C=O) groups excluding carboxylic acids is 1. The maximum absolute atomic E-state index is 12.6. The maximum atomic E-state index is 12.6. The number of nitrogens with one attached hydrogen (secondary N) is 1. The SMILES string of the molecule is Nc1ncc2ccc(-c3nn[nH]n3)cc2c1C#Cc1ccc(C(=O)CCCCN2CCCCC2)cc1. The van der Waals surface area contributed by atoms with Crippen LogP contribution < -0.4 is 5.73 Å². The lowest BCUT2D eigenvalue weighted by Gasteiger charge is -2.26. The van der Waals surface area contributed by atoms with E-state index >= 15 is 0 Å². The van der Waals surface area contributed by atoms with Crippen LogP contribution in [0.5, 0.6) is 0 Å². The fourth-order valence-corrected chi connectivity index (χ4v) is 4.60. The summed E-state index contributed by atoms with van der Waals surface area (Å²) in [6.07, 6.45) is 8.27. The van der Waals surface area contributed by atoms with Crippen molar-refractivity contribution in [3.05, 3.63) is 65.4 Å². The molecule has 8 heteroatoms. The minimum Gasteiger partial charge on any atom is -0.383 e. The van der Waals surface area contributed by atoms with Gasteiger partial charge in [0.05, 0.1) is 5.56 Å². The minimum atomic E-state index is 0.185. The smallest absolute Gasteiger partial charge is 0.204 e. The highest BCUT2D eigenvalue weighted by Crippen LogP contribution is 2.26. The third-order valence-corrected chi connectivity index (χ3v) is 6.64. The first-order chi connectivity index (χ1) is 17.7. The van der Waals surface area contributed by atoms with E-state index in [2.05, 4.69) is 42.3 Å². The Labute approximate surface area is 210 Å². The molecule has 0 unspecified atom stereocenters. The Morgan fingerprint density at radius 2 is 1.86 bits per heavy atom. The molecule has 0 amide bonds. The molecule has 1 aliphatic rings. The van der Waals surface area contributed by atoms with Gasteiger partial charge in [-0.25, -0.2) is 4.98 Å². The number of aromatic nitrogens is 5. The monoisotopic (exact) mass is 479 g/mol. The largest absolute Gasteiger partial charge is 0.383 e. The highest BCUT2D eigenvalue weighted by Gasteiger charge is 2.11. The Kier molecular flexibility index (Phi) is 7.29. The third kappa shape index (κ3) is 5.58. The van der Waals surface area contributed by atoms with Gasteiger partial charge in [-0.1, -0.05) is 42.5 Å². The van der Waals surface area contributed by atoms with Crippen LogP contribution in [0.3, 0.4) is 0 Å². The van der Waals surface area contributed by atoms with Crippen molar-refractivity contribution in [2.24, 2.45) is 0 Å². The molecule has 182 valence electrons. The van der Waals surface area contributed by atoms with Crippen molar-refractivity contribution in [2.75, 3.05) is 25.4 Å². The number of hydrogen-bond donors (Lipinski definition) is 2. The maximum Gasteiger partial charge on any atom is 0.204 e. The summed E-state index contributed by atoms with van der Waals surface area (Å²) in [5.74, 6) is 7.38. The number of fused-ring (bicyclic) bond motifs is 1. The van der Waals surface area contributed by atoms with E-state index in [1.54, 1.807) is 6.20 Å². The van der Waals surface area contributed by atoms with Crippen LogP contribution in [0.25, 0.3) is 22.2 Å². The first kappa shape index (κ1) is 23.6. The van der Waals surface area contributed by atoms with Gasteiger partial charge in [0.15, 0.2) is 5.78 Å². The molecule has 0 radical (unpaired) electrons. The number of anilines is 1. The minimum absolute atomic E-state index is 0.185. The highest BCUT2D eigenvalue weighted by molar-refractivity contribution is 5.96. The Balaban J connectivity index is 1.25. The molecule has 3 heterocycles. The zero-order valence-corrected chi connectivity index (χ0v) is 20.2. The summed E-state index contributed by atoms with van der Waals surface area (Å²) in [6.45, 7) is 3.51. The zero-order valence-electron chi connectivity index (χ0n) is 20.2. The predicted molar refractivity (Wildman–Crippen MR) is 140 cm³/mol. The van der Waals surface area contributed by atoms with E-state index in [-0.39, 0.29) is 5.78 Å². The Hall–Kier alpha value is -4.09. The van der Waals surface area contributed by atoms with Crippen molar-refractivity contribution in [2.45, 2.75) is 38.5 Å². The second-order valence-electron chi connectivity index (χ2n) is 9.17. The molecule has 2 aromatic heterocycles. The summed E-state index contributed by atoms with van der Waals surface area (Å²) >= 11 is 0. The van der Waals surface area contributed by atoms with Gasteiger partial charge in [-0.3, -0.25) is 4.79 Å². The van der Waals surface area contributed by atoms with Crippen LogP contribution in [0.4, 0.5) is 5.82 Å². The second kappa shape index (κ2) is 11.1. The molecule has 0 spiro atoms. The average molecular weight is 480 g/mol. The van der Waals surface area contributed by atoms with E-state index in [9.17, 15) is 4.79 Å². The Morgan fingerprint density at radius 1 is 1.03 bits per heavy atom. The number of ketones is 1. The molecule has 2 aromatic carbocycles. The number of aromatic amines is 1. The van der Waals surface area contributed by atoms with Crippen molar-refractivity contribution < 1.29 is 4.79 Å². The first-order valence-electron chi connectivity index (χ1n) is 12.5. The number of hydrogen-bond acceptors (Lipinski definition) is 7. The summed E-state index contributed by atoms with van der Waals surface area (Å²) in [6, 6.07) is 13.3. The lowest BCUT2D eigenvalue weighted by molar-refractivity contribution is 0.0977. The number of rotatable bonds is 7. The number of Topliss-reactive ketones (excluding diaryl/α,β-unsaturated/α-hetero) is 1. The van der Waals surface area contributed by atoms with Gasteiger partial charge in [0.2, 0.25) is 5.82 Å². The second-order valence-corrected chi connectivity index (χ2v) is 9.17. The Morgan fingerprint density at radius 3 is 2.64 bits per heavy atom. The normalized spacial score (nSPS) is 13.9. The van der Waals surface area contributed by atoms with Crippen molar-refractivity contribution in [1.82, 2.24) is 30.5 Å². The summed E-state index contributed by atoms with van der Waals surface area (Å²) in [4.78, 5) is 19.4. The molecule has 1 aliphatic heterocycles. The molecule has 8 nitrogen and oxygen atoms in total. The van der Waals surface area contributed by atoms with Gasteiger partial charge in [0.1, 0.15) is 5.82 Å². The lowest BCUT2D eigenvalue weighted by Crippen LogP contribution is -2.30. The molecule has 0 aliphatic carbocycles. The van der Waals surface area contributed by atoms with Gasteiger partial charge >= 0.3 is 0 Å². The number of nitrogens with zero attached hydrogens (tertiary/aromatic N) is 5. The number of tetrazole rings is 1. The molecule has 5 rings (SSSR count). The molecule has 0 saturated carbocycles. The van der Waals surface area contributed by atoms with Crippen LogP contribution in [0.1, 0.15) is 60.0 Å². The number of carbonyl (C=O) groups is 1. The fraction of sp³-hybridized carbons (Fsp3) is 0.321. The number of nitrogen functional groups attached to an aromatic ring is 1. The molecule has 1 saturated heterocycles. The average Bonchev–Trinajstić information content (AvgIpc) is 3.46. The van der Waals surface area contributed by atoms with Crippen LogP contribution in [0.15, 0.2) is 48.7 Å². The quantitative estimate of drug-likeness (QED) is 0.232. The van der Waals surface area contributed by atoms with E-state index < -0.39 is 0 Å². The van der Waals surface area contributed by atoms with Crippen LogP contribution >= 0.6 is 0 Å². The number of unbranched alkanes of at least 4 members (excludes halogenated alkanes) is 1. The van der Waals surface area contributed by atoms with Gasteiger partial charge in [-0.05, 0) is 68.7 Å². The predicted octanol–water partition coefficient (Wildman–Crippen LogP) is 4.24. The molecule has 36 heavy (non-hydrogen) atoms. The van der Waals surface area contributed by atoms with Crippen molar-refractivity contribution in [3.8, 4) is 23.2 Å². The standard InChI is InChI=1S/C28H29N7O/c29-27-24(25-18-22(28-31-33-34-32-28)12-13-23(25)19-30-27)14-9-20-7-10-21(11-8-20)26(36)6-2-5-17-35-15-3-1-4-16-35/h7-8,10-13,18-19H,1-6,15-17H2,(H2,29,30)(H,31,32,33,34). The first-order valence-corrected chi connectivity index (χ1v) is 12.5. The topological polar surface area (TPSA) is 114 Å². The van der Waals surface area contributed by atoms with Crippen molar-refractivity contribution >= 4 is 22.4 Å². The third-order valence-electron chi connectivity index (χ3n) is 6.64. The van der Waals surface area contributed by atoms with Crippen molar-refractivity contribution in [3.63, 3.8) is 0 Å². The summed E-state index contributed by atoms with van der Waals surface area (Å²) in [5, 5.41) is 16.0. The van der Waals surface area contributed by atoms with Crippen molar-refractivity contribution in [1.29, 1.82) is 0 Å². The van der Waals surface area contributed by atoms with Crippen LogP contribution in [0.2, 0.25) is 0 Å². The van der Waals surface area contributed by atoms with Gasteiger partial charge in [-0.15, -0.1) is 10.2 Å². The summed E-state index contributed by atoms with van der Waals surface area (Å²) in [5.41, 5.74) is 9.17. The number of benzene rings is 2. The summed E-state index contributed by atoms with van der Waals surface area (Å²) < 4.78 is 0. The van der Waals surface area contributed by atoms with Crippen LogP contribution in [-0.4, -0.2) is 55.9 Å². The summed E-state index contributed by atoms with van der Waals surface area (Å²) in [7, 11) is 0. The zero-order chi connectivity index (χ0) is 24.7. The molecule has 1 fully saturated rings. The Bertz CT molecular complexity index is 1400. The molecule has 0 bridgehead atoms. The van der Waals surface area contributed by atoms with E-state index in [1.165, 1.54) is 32.4 Å². The van der Waals surface area contributed by atoms with Crippen LogP contribution in [-0.2, 0) is 0 Å². The highest BCUT2D eigenvalue weighted by atomic mass is 16.1. The fourth-order valence-electron chi connectivity index (χ4n) is 4.60. The molecule has 0 atom stereocenters. The number of H-pyrrole nitrogens is 1. The molecule has 3 N–H and O–H groups in total. The van der Waals surface area contributed by atoms with Gasteiger partial charge in [0, 0.05) is 40.1 Å². The number of piperidine rings is 1. The van der Waals surface area contributed by atoms with Crippen LogP contribution in [0, 0.1) is 11.8 Å². The number of pyridine rings is 1. The number of likely N-dealkylation sites (tertiary alicyclic amines) is 1. The lowest BCUT2D eigenvalue weighted by atomic mass is 10.0. The van der Waals surface area contributed by atoms with Gasteiger partial charge in [-0.2, -0.15) is 5.21 Å². The molecular formula is C28H29N7O. The molecule has 4 aromatic rings. The van der Waals surface area contributed by atoms with E-state index in [1.807, 2.05) is 42.5 Å². The van der Waals surface area contributed by atoms with E-state index in [0.717, 1.165) is 46.8 Å².